The maximum absolute atomic E-state index is 5.58. The van der Waals surface area contributed by atoms with E-state index in [-0.39, 0.29) is 11.6 Å². The number of aromatic nitrogens is 2. The average Bonchev–Trinajstić information content (AvgIpc) is 2.66. The molecule has 86 valence electrons. The summed E-state index contributed by atoms with van der Waals surface area (Å²) < 4.78 is 7.34. The van der Waals surface area contributed by atoms with E-state index in [1.54, 1.807) is 13.3 Å². The number of rotatable bonds is 5. The van der Waals surface area contributed by atoms with E-state index in [9.17, 15) is 0 Å². The van der Waals surface area contributed by atoms with Crippen molar-refractivity contribution in [2.24, 2.45) is 5.84 Å². The van der Waals surface area contributed by atoms with Gasteiger partial charge < -0.3 is 4.74 Å². The van der Waals surface area contributed by atoms with Gasteiger partial charge in [0.05, 0.1) is 17.3 Å². The van der Waals surface area contributed by atoms with E-state index in [1.807, 2.05) is 31.5 Å². The molecule has 0 fully saturated rings. The van der Waals surface area contributed by atoms with Gasteiger partial charge >= 0.3 is 0 Å². The van der Waals surface area contributed by atoms with Gasteiger partial charge in [-0.05, 0) is 26.8 Å². The summed E-state index contributed by atoms with van der Waals surface area (Å²) in [6.45, 7) is 6.85. The van der Waals surface area contributed by atoms with Gasteiger partial charge in [0.2, 0.25) is 0 Å². The van der Waals surface area contributed by atoms with Crippen molar-refractivity contribution >= 4 is 0 Å². The Kier molecular flexibility index (Phi) is 3.84. The third kappa shape index (κ3) is 2.37. The molecule has 0 amide bonds. The van der Waals surface area contributed by atoms with Crippen LogP contribution in [0, 0.1) is 0 Å². The minimum atomic E-state index is -0.373. The number of methoxy groups -OCH3 is 1. The first-order chi connectivity index (χ1) is 7.06. The Labute approximate surface area is 90.6 Å². The van der Waals surface area contributed by atoms with Crippen molar-refractivity contribution in [1.82, 2.24) is 15.2 Å². The van der Waals surface area contributed by atoms with Crippen molar-refractivity contribution in [3.63, 3.8) is 0 Å². The lowest BCUT2D eigenvalue weighted by molar-refractivity contribution is -0.0135. The maximum atomic E-state index is 5.58. The van der Waals surface area contributed by atoms with Crippen LogP contribution in [0.1, 0.15) is 32.5 Å². The summed E-state index contributed by atoms with van der Waals surface area (Å²) in [6.07, 6.45) is 1.77. The van der Waals surface area contributed by atoms with Gasteiger partial charge in [-0.3, -0.25) is 10.5 Å². The number of nitrogens with two attached hydrogens (primary N) is 1. The Morgan fingerprint density at radius 3 is 2.80 bits per heavy atom. The zero-order valence-electron chi connectivity index (χ0n) is 9.82. The van der Waals surface area contributed by atoms with Crippen LogP contribution in [0.5, 0.6) is 0 Å². The van der Waals surface area contributed by atoms with E-state index < -0.39 is 0 Å². The summed E-state index contributed by atoms with van der Waals surface area (Å²) in [5, 5.41) is 4.22. The highest BCUT2D eigenvalue weighted by molar-refractivity contribution is 5.11. The SMILES string of the molecule is CCn1nccc1C(NN)C(C)(C)OC. The van der Waals surface area contributed by atoms with E-state index >= 15 is 0 Å². The second-order valence-corrected chi connectivity index (χ2v) is 3.98. The Balaban J connectivity index is 3.02. The largest absolute Gasteiger partial charge is 0.377 e. The normalized spacial score (nSPS) is 14.2. The first-order valence-electron chi connectivity index (χ1n) is 5.09. The van der Waals surface area contributed by atoms with Crippen LogP contribution in [0.3, 0.4) is 0 Å². The van der Waals surface area contributed by atoms with Gasteiger partial charge in [-0.1, -0.05) is 0 Å². The standard InChI is InChI=1S/C10H20N4O/c1-5-14-8(6-7-12-14)9(13-11)10(2,3)15-4/h6-7,9,13H,5,11H2,1-4H3. The summed E-state index contributed by atoms with van der Waals surface area (Å²) in [4.78, 5) is 0. The van der Waals surface area contributed by atoms with Crippen LogP contribution < -0.4 is 11.3 Å². The number of aryl methyl sites for hydroxylation is 1. The van der Waals surface area contributed by atoms with Gasteiger partial charge in [-0.15, -0.1) is 0 Å². The van der Waals surface area contributed by atoms with Gasteiger partial charge in [0.15, 0.2) is 0 Å². The van der Waals surface area contributed by atoms with Crippen molar-refractivity contribution in [2.75, 3.05) is 7.11 Å². The van der Waals surface area contributed by atoms with Gasteiger partial charge in [-0.2, -0.15) is 5.10 Å². The molecule has 1 aromatic heterocycles. The fourth-order valence-corrected chi connectivity index (χ4v) is 1.61. The molecule has 0 bridgehead atoms. The summed E-state index contributed by atoms with van der Waals surface area (Å²) >= 11 is 0. The molecule has 15 heavy (non-hydrogen) atoms. The number of nitrogens with one attached hydrogen (secondary N) is 1. The maximum Gasteiger partial charge on any atom is 0.0912 e. The third-order valence-electron chi connectivity index (χ3n) is 2.73. The van der Waals surface area contributed by atoms with E-state index in [1.165, 1.54) is 0 Å². The highest BCUT2D eigenvalue weighted by Gasteiger charge is 2.31. The summed E-state index contributed by atoms with van der Waals surface area (Å²) in [5.41, 5.74) is 3.45. The molecule has 0 spiro atoms. The van der Waals surface area contributed by atoms with Crippen LogP contribution in [0.4, 0.5) is 0 Å². The zero-order valence-corrected chi connectivity index (χ0v) is 9.82. The molecule has 0 aliphatic rings. The minimum absolute atomic E-state index is 0.0788. The Morgan fingerprint density at radius 1 is 1.67 bits per heavy atom. The van der Waals surface area contributed by atoms with Crippen molar-refractivity contribution in [2.45, 2.75) is 39.0 Å². The smallest absolute Gasteiger partial charge is 0.0912 e. The topological polar surface area (TPSA) is 65.1 Å². The van der Waals surface area contributed by atoms with Crippen molar-refractivity contribution < 1.29 is 4.74 Å². The summed E-state index contributed by atoms with van der Waals surface area (Å²) in [6, 6.07) is 1.87. The van der Waals surface area contributed by atoms with E-state index in [4.69, 9.17) is 10.6 Å². The molecule has 0 aliphatic carbocycles. The summed E-state index contributed by atoms with van der Waals surface area (Å²) in [5.74, 6) is 5.58. The monoisotopic (exact) mass is 212 g/mol. The highest BCUT2D eigenvalue weighted by Crippen LogP contribution is 2.27. The number of hydrazine groups is 1. The van der Waals surface area contributed by atoms with Crippen molar-refractivity contribution in [1.29, 1.82) is 0 Å². The number of ether oxygens (including phenoxy) is 1. The first-order valence-corrected chi connectivity index (χ1v) is 5.09. The van der Waals surface area contributed by atoms with Crippen molar-refractivity contribution in [3.05, 3.63) is 18.0 Å². The molecular formula is C10H20N4O. The molecule has 0 aliphatic heterocycles. The Bertz CT molecular complexity index is 308. The van der Waals surface area contributed by atoms with Gasteiger partial charge in [-0.25, -0.2) is 5.43 Å². The molecule has 0 saturated heterocycles. The molecule has 5 nitrogen and oxygen atoms in total. The molecule has 1 rings (SSSR count). The average molecular weight is 212 g/mol. The quantitative estimate of drug-likeness (QED) is 0.560. The van der Waals surface area contributed by atoms with Gasteiger partial charge in [0.25, 0.3) is 0 Å². The molecule has 3 N–H and O–H groups in total. The second kappa shape index (κ2) is 4.74. The van der Waals surface area contributed by atoms with Crippen LogP contribution in [0.25, 0.3) is 0 Å². The lowest BCUT2D eigenvalue weighted by atomic mass is 9.96. The van der Waals surface area contributed by atoms with Crippen LogP contribution in [-0.2, 0) is 11.3 Å². The molecule has 5 heteroatoms. The zero-order chi connectivity index (χ0) is 11.5. The number of hydrogen-bond acceptors (Lipinski definition) is 4. The molecule has 1 atom stereocenters. The molecule has 1 aromatic rings. The first kappa shape index (κ1) is 12.2. The van der Waals surface area contributed by atoms with Crippen LogP contribution in [-0.4, -0.2) is 22.5 Å². The lowest BCUT2D eigenvalue weighted by Gasteiger charge is -2.32. The molecule has 0 saturated carbocycles. The third-order valence-corrected chi connectivity index (χ3v) is 2.73. The van der Waals surface area contributed by atoms with E-state index in [0.717, 1.165) is 12.2 Å². The molecule has 0 radical (unpaired) electrons. The Morgan fingerprint density at radius 2 is 2.33 bits per heavy atom. The fourth-order valence-electron chi connectivity index (χ4n) is 1.61. The highest BCUT2D eigenvalue weighted by atomic mass is 16.5. The van der Waals surface area contributed by atoms with Crippen LogP contribution in [0.15, 0.2) is 12.3 Å². The molecule has 1 unspecified atom stereocenters. The van der Waals surface area contributed by atoms with Gasteiger partial charge in [0.1, 0.15) is 0 Å². The minimum Gasteiger partial charge on any atom is -0.377 e. The lowest BCUT2D eigenvalue weighted by Crippen LogP contribution is -2.45. The molecule has 1 heterocycles. The van der Waals surface area contributed by atoms with Crippen LogP contribution >= 0.6 is 0 Å². The summed E-state index contributed by atoms with van der Waals surface area (Å²) in [7, 11) is 1.68. The predicted molar refractivity (Wildman–Crippen MR) is 59.1 cm³/mol. The van der Waals surface area contributed by atoms with Gasteiger partial charge in [0, 0.05) is 19.9 Å². The second-order valence-electron chi connectivity index (χ2n) is 3.98. The molecule has 0 aromatic carbocycles. The number of nitrogens with zero attached hydrogens (tertiary/aromatic N) is 2. The van der Waals surface area contributed by atoms with Crippen molar-refractivity contribution in [3.8, 4) is 0 Å². The Hall–Kier alpha value is -0.910. The fraction of sp³-hybridized carbons (Fsp3) is 0.700. The predicted octanol–water partition coefficient (Wildman–Crippen LogP) is 0.832. The molecular weight excluding hydrogens is 192 g/mol. The van der Waals surface area contributed by atoms with Crippen LogP contribution in [0.2, 0.25) is 0 Å². The van der Waals surface area contributed by atoms with E-state index in [2.05, 4.69) is 10.5 Å². The van der Waals surface area contributed by atoms with E-state index in [0.29, 0.717) is 0 Å². The number of hydrogen-bond donors (Lipinski definition) is 2.